The third kappa shape index (κ3) is 2.72. The Labute approximate surface area is 160 Å². The Morgan fingerprint density at radius 3 is 2.39 bits per heavy atom. The fourth-order valence-electron chi connectivity index (χ4n) is 3.67. The summed E-state index contributed by atoms with van der Waals surface area (Å²) in [6.07, 6.45) is 1.70. The van der Waals surface area contributed by atoms with Crippen LogP contribution in [-0.2, 0) is 0 Å². The SMILES string of the molecule is O=C(c1cc2ccccc2o1)N1CCN(C(=O)c2cccc3cn[nH]c23)CC1. The van der Waals surface area contributed by atoms with Gasteiger partial charge in [-0.05, 0) is 18.2 Å². The molecule has 0 unspecified atom stereocenters. The molecule has 2 aromatic heterocycles. The molecule has 0 saturated carbocycles. The predicted molar refractivity (Wildman–Crippen MR) is 104 cm³/mol. The molecule has 140 valence electrons. The number of nitrogens with zero attached hydrogens (tertiary/aromatic N) is 3. The molecule has 3 heterocycles. The van der Waals surface area contributed by atoms with Gasteiger partial charge in [-0.3, -0.25) is 14.7 Å². The summed E-state index contributed by atoms with van der Waals surface area (Å²) in [6, 6.07) is 14.9. The quantitative estimate of drug-likeness (QED) is 0.585. The maximum Gasteiger partial charge on any atom is 0.289 e. The number of piperazine rings is 1. The predicted octanol–water partition coefficient (Wildman–Crippen LogP) is 2.91. The second-order valence-electron chi connectivity index (χ2n) is 6.87. The van der Waals surface area contributed by atoms with Crippen LogP contribution in [0.25, 0.3) is 21.9 Å². The molecule has 5 rings (SSSR count). The number of carbonyl (C=O) groups is 2. The van der Waals surface area contributed by atoms with E-state index in [1.54, 1.807) is 28.1 Å². The molecule has 2 aromatic carbocycles. The molecular formula is C21H18N4O3. The highest BCUT2D eigenvalue weighted by atomic mass is 16.3. The number of hydrogen-bond donors (Lipinski definition) is 1. The van der Waals surface area contributed by atoms with Crippen molar-refractivity contribution in [2.75, 3.05) is 26.2 Å². The summed E-state index contributed by atoms with van der Waals surface area (Å²) in [5, 5.41) is 8.73. The number of benzene rings is 2. The van der Waals surface area contributed by atoms with Crippen LogP contribution in [0.5, 0.6) is 0 Å². The van der Waals surface area contributed by atoms with Crippen molar-refractivity contribution < 1.29 is 14.0 Å². The lowest BCUT2D eigenvalue weighted by Crippen LogP contribution is -2.50. The van der Waals surface area contributed by atoms with Gasteiger partial charge in [0.05, 0.1) is 17.3 Å². The second kappa shape index (κ2) is 6.53. The Balaban J connectivity index is 1.30. The third-order valence-electron chi connectivity index (χ3n) is 5.20. The highest BCUT2D eigenvalue weighted by molar-refractivity contribution is 6.05. The van der Waals surface area contributed by atoms with Gasteiger partial charge in [0.2, 0.25) is 0 Å². The number of para-hydroxylation sites is 2. The summed E-state index contributed by atoms with van der Waals surface area (Å²) in [7, 11) is 0. The van der Waals surface area contributed by atoms with Crippen molar-refractivity contribution >= 4 is 33.7 Å². The van der Waals surface area contributed by atoms with Gasteiger partial charge in [-0.2, -0.15) is 5.10 Å². The van der Waals surface area contributed by atoms with E-state index in [1.165, 1.54) is 0 Å². The van der Waals surface area contributed by atoms with Crippen molar-refractivity contribution in [2.24, 2.45) is 0 Å². The van der Waals surface area contributed by atoms with Crippen LogP contribution in [-0.4, -0.2) is 58.0 Å². The van der Waals surface area contributed by atoms with E-state index in [-0.39, 0.29) is 11.8 Å². The standard InChI is InChI=1S/C21H18N4O3/c26-20(16-6-3-5-15-13-22-23-19(15)16)24-8-10-25(11-9-24)21(27)18-12-14-4-1-2-7-17(14)28-18/h1-7,12-13H,8-11H2,(H,22,23). The highest BCUT2D eigenvalue weighted by Crippen LogP contribution is 2.22. The molecule has 1 aliphatic rings. The zero-order chi connectivity index (χ0) is 19.1. The van der Waals surface area contributed by atoms with E-state index in [1.807, 2.05) is 36.4 Å². The van der Waals surface area contributed by atoms with Crippen LogP contribution in [0.4, 0.5) is 0 Å². The first-order valence-electron chi connectivity index (χ1n) is 9.20. The number of furan rings is 1. The minimum Gasteiger partial charge on any atom is -0.451 e. The molecule has 28 heavy (non-hydrogen) atoms. The smallest absolute Gasteiger partial charge is 0.289 e. The van der Waals surface area contributed by atoms with Gasteiger partial charge in [0.15, 0.2) is 5.76 Å². The van der Waals surface area contributed by atoms with Gasteiger partial charge >= 0.3 is 0 Å². The van der Waals surface area contributed by atoms with E-state index in [9.17, 15) is 9.59 Å². The molecule has 0 atom stereocenters. The molecule has 7 nitrogen and oxygen atoms in total. The lowest BCUT2D eigenvalue weighted by atomic mass is 10.1. The van der Waals surface area contributed by atoms with E-state index in [4.69, 9.17) is 4.42 Å². The zero-order valence-corrected chi connectivity index (χ0v) is 15.1. The maximum atomic E-state index is 12.9. The molecule has 2 amide bonds. The summed E-state index contributed by atoms with van der Waals surface area (Å²) in [4.78, 5) is 29.2. The summed E-state index contributed by atoms with van der Waals surface area (Å²) in [5.74, 6) is 0.146. The minimum absolute atomic E-state index is 0.0503. The number of fused-ring (bicyclic) bond motifs is 2. The zero-order valence-electron chi connectivity index (χ0n) is 15.1. The van der Waals surface area contributed by atoms with Crippen LogP contribution in [0.2, 0.25) is 0 Å². The van der Waals surface area contributed by atoms with Crippen LogP contribution in [0.1, 0.15) is 20.9 Å². The largest absolute Gasteiger partial charge is 0.451 e. The van der Waals surface area contributed by atoms with Crippen molar-refractivity contribution in [1.82, 2.24) is 20.0 Å². The normalized spacial score (nSPS) is 14.7. The highest BCUT2D eigenvalue weighted by Gasteiger charge is 2.28. The fraction of sp³-hybridized carbons (Fsp3) is 0.190. The Bertz CT molecular complexity index is 1150. The summed E-state index contributed by atoms with van der Waals surface area (Å²) < 4.78 is 5.68. The number of rotatable bonds is 2. The number of hydrogen-bond acceptors (Lipinski definition) is 4. The first-order valence-corrected chi connectivity index (χ1v) is 9.20. The van der Waals surface area contributed by atoms with Gasteiger partial charge in [0, 0.05) is 37.0 Å². The lowest BCUT2D eigenvalue weighted by Gasteiger charge is -2.34. The monoisotopic (exact) mass is 374 g/mol. The van der Waals surface area contributed by atoms with Crippen molar-refractivity contribution in [2.45, 2.75) is 0 Å². The van der Waals surface area contributed by atoms with E-state index < -0.39 is 0 Å². The number of nitrogens with one attached hydrogen (secondary N) is 1. The molecule has 7 heteroatoms. The molecule has 1 saturated heterocycles. The van der Waals surface area contributed by atoms with Gasteiger partial charge in [0.25, 0.3) is 11.8 Å². The van der Waals surface area contributed by atoms with E-state index >= 15 is 0 Å². The molecule has 1 fully saturated rings. The Morgan fingerprint density at radius 2 is 1.61 bits per heavy atom. The Morgan fingerprint density at radius 1 is 0.893 bits per heavy atom. The Kier molecular flexibility index (Phi) is 3.86. The molecular weight excluding hydrogens is 356 g/mol. The van der Waals surface area contributed by atoms with E-state index in [0.717, 1.165) is 16.3 Å². The van der Waals surface area contributed by atoms with Gasteiger partial charge in [-0.1, -0.05) is 30.3 Å². The molecule has 0 aliphatic carbocycles. The van der Waals surface area contributed by atoms with E-state index in [0.29, 0.717) is 43.1 Å². The van der Waals surface area contributed by atoms with E-state index in [2.05, 4.69) is 10.2 Å². The van der Waals surface area contributed by atoms with Crippen molar-refractivity contribution in [3.05, 3.63) is 66.1 Å². The van der Waals surface area contributed by atoms with Crippen molar-refractivity contribution in [3.8, 4) is 0 Å². The minimum atomic E-state index is -0.140. The molecule has 4 aromatic rings. The number of H-pyrrole nitrogens is 1. The lowest BCUT2D eigenvalue weighted by molar-refractivity contribution is 0.0520. The molecule has 0 spiro atoms. The fourth-order valence-corrected chi connectivity index (χ4v) is 3.67. The summed E-state index contributed by atoms with van der Waals surface area (Å²) in [5.41, 5.74) is 2.05. The van der Waals surface area contributed by atoms with Crippen LogP contribution in [0.15, 0.2) is 59.1 Å². The molecule has 0 radical (unpaired) electrons. The van der Waals surface area contributed by atoms with Gasteiger partial charge in [-0.25, -0.2) is 0 Å². The third-order valence-corrected chi connectivity index (χ3v) is 5.20. The second-order valence-corrected chi connectivity index (χ2v) is 6.87. The average molecular weight is 374 g/mol. The summed E-state index contributed by atoms with van der Waals surface area (Å²) in [6.45, 7) is 1.91. The van der Waals surface area contributed by atoms with Gasteiger partial charge in [0.1, 0.15) is 5.58 Å². The number of carbonyl (C=O) groups excluding carboxylic acids is 2. The van der Waals surface area contributed by atoms with Gasteiger partial charge < -0.3 is 14.2 Å². The van der Waals surface area contributed by atoms with Crippen LogP contribution in [0.3, 0.4) is 0 Å². The topological polar surface area (TPSA) is 82.4 Å². The van der Waals surface area contributed by atoms with Crippen LogP contribution in [0, 0.1) is 0 Å². The first kappa shape index (κ1) is 16.6. The van der Waals surface area contributed by atoms with Crippen LogP contribution < -0.4 is 0 Å². The molecule has 0 bridgehead atoms. The maximum absolute atomic E-state index is 12.9. The van der Waals surface area contributed by atoms with Crippen molar-refractivity contribution in [3.63, 3.8) is 0 Å². The number of amides is 2. The Hall–Kier alpha value is -3.61. The first-order chi connectivity index (χ1) is 13.7. The molecule has 1 aliphatic heterocycles. The van der Waals surface area contributed by atoms with Gasteiger partial charge in [-0.15, -0.1) is 0 Å². The summed E-state index contributed by atoms with van der Waals surface area (Å²) >= 11 is 0. The number of aromatic nitrogens is 2. The van der Waals surface area contributed by atoms with Crippen LogP contribution >= 0.6 is 0 Å². The van der Waals surface area contributed by atoms with Crippen molar-refractivity contribution in [1.29, 1.82) is 0 Å². The average Bonchev–Trinajstić information content (AvgIpc) is 3.39. The number of aromatic amines is 1. The molecule has 1 N–H and O–H groups in total.